The van der Waals surface area contributed by atoms with Crippen LogP contribution in [0.25, 0.3) is 10.9 Å². The van der Waals surface area contributed by atoms with Gasteiger partial charge in [-0.1, -0.05) is 23.7 Å². The Balaban J connectivity index is 1.56. The molecule has 2 aromatic heterocycles. The van der Waals surface area contributed by atoms with Crippen LogP contribution in [0.1, 0.15) is 24.2 Å². The smallest absolute Gasteiger partial charge is 0.409 e. The molecule has 0 saturated heterocycles. The van der Waals surface area contributed by atoms with Gasteiger partial charge in [0.05, 0.1) is 22.3 Å². The topological polar surface area (TPSA) is 116 Å². The molecule has 1 amide bonds. The number of hydrogen-bond donors (Lipinski definition) is 4. The quantitative estimate of drug-likeness (QED) is 0.290. The SMILES string of the molecule is C[C@H](Nc1cccc(NC(=O)O)c1)c1cc2cc(Cl)c(OCc3ccccn3)cc2[nH]c1=O. The van der Waals surface area contributed by atoms with Crippen LogP contribution in [0.4, 0.5) is 16.2 Å². The van der Waals surface area contributed by atoms with Gasteiger partial charge >= 0.3 is 6.09 Å². The standard InChI is InChI=1S/C24H21ClN4O4/c1-14(27-16-6-4-7-17(11-16)28-24(31)32)19-9-15-10-20(25)22(12-21(15)29-23(19)30)33-13-18-5-2-3-8-26-18/h2-12,14,27-28H,13H2,1H3,(H,29,30)(H,31,32)/t14-/m0/s1. The summed E-state index contributed by atoms with van der Waals surface area (Å²) in [5.74, 6) is 0.451. The van der Waals surface area contributed by atoms with Crippen molar-refractivity contribution in [3.8, 4) is 5.75 Å². The first-order valence-electron chi connectivity index (χ1n) is 10.1. The molecule has 168 valence electrons. The molecule has 0 aliphatic heterocycles. The van der Waals surface area contributed by atoms with Crippen molar-refractivity contribution in [1.82, 2.24) is 9.97 Å². The van der Waals surface area contributed by atoms with Crippen molar-refractivity contribution in [2.24, 2.45) is 0 Å². The number of pyridine rings is 2. The second-order valence-electron chi connectivity index (χ2n) is 7.41. The lowest BCUT2D eigenvalue weighted by Gasteiger charge is -2.17. The van der Waals surface area contributed by atoms with Crippen LogP contribution in [0.3, 0.4) is 0 Å². The lowest BCUT2D eigenvalue weighted by atomic mass is 10.1. The van der Waals surface area contributed by atoms with Gasteiger partial charge in [0.15, 0.2) is 0 Å². The van der Waals surface area contributed by atoms with Crippen LogP contribution in [-0.2, 0) is 6.61 Å². The van der Waals surface area contributed by atoms with Crippen molar-refractivity contribution < 1.29 is 14.6 Å². The lowest BCUT2D eigenvalue weighted by molar-refractivity contribution is 0.210. The maximum atomic E-state index is 12.8. The number of H-pyrrole nitrogens is 1. The third kappa shape index (κ3) is 5.42. The zero-order valence-electron chi connectivity index (χ0n) is 17.6. The summed E-state index contributed by atoms with van der Waals surface area (Å²) >= 11 is 6.42. The van der Waals surface area contributed by atoms with Crippen molar-refractivity contribution in [2.75, 3.05) is 10.6 Å². The van der Waals surface area contributed by atoms with Crippen LogP contribution in [0.5, 0.6) is 5.75 Å². The highest BCUT2D eigenvalue weighted by molar-refractivity contribution is 6.32. The zero-order chi connectivity index (χ0) is 23.4. The molecule has 0 spiro atoms. The fourth-order valence-electron chi connectivity index (χ4n) is 3.43. The number of carbonyl (C=O) groups is 1. The molecule has 9 heteroatoms. The molecule has 0 unspecified atom stereocenters. The van der Waals surface area contributed by atoms with E-state index in [0.29, 0.717) is 33.2 Å². The molecule has 0 fully saturated rings. The summed E-state index contributed by atoms with van der Waals surface area (Å²) in [4.78, 5) is 30.7. The van der Waals surface area contributed by atoms with Gasteiger partial charge < -0.3 is 20.1 Å². The molecule has 1 atom stereocenters. The lowest BCUT2D eigenvalue weighted by Crippen LogP contribution is -2.19. The van der Waals surface area contributed by atoms with Gasteiger partial charge in [0.25, 0.3) is 5.56 Å². The minimum Gasteiger partial charge on any atom is -0.486 e. The molecule has 0 saturated carbocycles. The second kappa shape index (κ2) is 9.62. The molecular weight excluding hydrogens is 444 g/mol. The van der Waals surface area contributed by atoms with Crippen LogP contribution in [0, 0.1) is 0 Å². The summed E-state index contributed by atoms with van der Waals surface area (Å²) in [6, 6.07) is 17.2. The predicted octanol–water partition coefficient (Wildman–Crippen LogP) is 5.42. The van der Waals surface area contributed by atoms with E-state index in [2.05, 4.69) is 20.6 Å². The Hall–Kier alpha value is -4.04. The number of nitrogens with zero attached hydrogens (tertiary/aromatic N) is 1. The average Bonchev–Trinajstić information content (AvgIpc) is 2.78. The number of fused-ring (bicyclic) bond motifs is 1. The first-order valence-corrected chi connectivity index (χ1v) is 10.5. The van der Waals surface area contributed by atoms with Crippen LogP contribution < -0.4 is 20.9 Å². The van der Waals surface area contributed by atoms with Crippen molar-refractivity contribution >= 4 is 40.0 Å². The van der Waals surface area contributed by atoms with E-state index in [-0.39, 0.29) is 18.2 Å². The van der Waals surface area contributed by atoms with Gasteiger partial charge in [-0.2, -0.15) is 0 Å². The van der Waals surface area contributed by atoms with Crippen LogP contribution in [0.2, 0.25) is 5.02 Å². The first-order chi connectivity index (χ1) is 15.9. The highest BCUT2D eigenvalue weighted by Crippen LogP contribution is 2.30. The van der Waals surface area contributed by atoms with Gasteiger partial charge in [-0.25, -0.2) is 4.79 Å². The molecule has 0 aliphatic rings. The van der Waals surface area contributed by atoms with Crippen molar-refractivity contribution in [3.63, 3.8) is 0 Å². The monoisotopic (exact) mass is 464 g/mol. The van der Waals surface area contributed by atoms with E-state index < -0.39 is 6.09 Å². The van der Waals surface area contributed by atoms with E-state index in [0.717, 1.165) is 11.1 Å². The van der Waals surface area contributed by atoms with Gasteiger partial charge in [0.1, 0.15) is 12.4 Å². The van der Waals surface area contributed by atoms with E-state index in [9.17, 15) is 9.59 Å². The minimum atomic E-state index is -1.15. The van der Waals surface area contributed by atoms with Gasteiger partial charge in [0, 0.05) is 34.6 Å². The Labute approximate surface area is 194 Å². The van der Waals surface area contributed by atoms with Crippen molar-refractivity contribution in [2.45, 2.75) is 19.6 Å². The summed E-state index contributed by atoms with van der Waals surface area (Å²) in [5, 5.41) is 15.6. The number of amides is 1. The van der Waals surface area contributed by atoms with E-state index in [4.69, 9.17) is 21.4 Å². The summed E-state index contributed by atoms with van der Waals surface area (Å²) in [6.07, 6.45) is 0.541. The number of nitrogens with one attached hydrogen (secondary N) is 3. The number of halogens is 1. The Kier molecular flexibility index (Phi) is 6.46. The summed E-state index contributed by atoms with van der Waals surface area (Å²) in [6.45, 7) is 2.10. The zero-order valence-corrected chi connectivity index (χ0v) is 18.4. The van der Waals surface area contributed by atoms with E-state index in [1.165, 1.54) is 0 Å². The molecular formula is C24H21ClN4O4. The van der Waals surface area contributed by atoms with E-state index in [1.807, 2.05) is 25.1 Å². The number of ether oxygens (including phenoxy) is 1. The molecule has 33 heavy (non-hydrogen) atoms. The fraction of sp³-hybridized carbons (Fsp3) is 0.125. The van der Waals surface area contributed by atoms with Crippen molar-refractivity contribution in [1.29, 1.82) is 0 Å². The minimum absolute atomic E-state index is 0.250. The van der Waals surface area contributed by atoms with Crippen LogP contribution in [0.15, 0.2) is 71.7 Å². The molecule has 4 aromatic rings. The van der Waals surface area contributed by atoms with Gasteiger partial charge in [-0.15, -0.1) is 0 Å². The second-order valence-corrected chi connectivity index (χ2v) is 7.82. The fourth-order valence-corrected chi connectivity index (χ4v) is 3.66. The number of aromatic nitrogens is 2. The molecule has 0 radical (unpaired) electrons. The third-order valence-electron chi connectivity index (χ3n) is 4.99. The molecule has 2 heterocycles. The summed E-state index contributed by atoms with van der Waals surface area (Å²) in [7, 11) is 0. The number of rotatable bonds is 7. The maximum Gasteiger partial charge on any atom is 0.409 e. The summed E-state index contributed by atoms with van der Waals surface area (Å²) < 4.78 is 5.79. The van der Waals surface area contributed by atoms with Gasteiger partial charge in [-0.05, 0) is 49.4 Å². The third-order valence-corrected chi connectivity index (χ3v) is 5.29. The van der Waals surface area contributed by atoms with Gasteiger partial charge in [0.2, 0.25) is 0 Å². The normalized spacial score (nSPS) is 11.7. The number of carboxylic acid groups (broad SMARTS) is 1. The van der Waals surface area contributed by atoms with Gasteiger partial charge in [-0.3, -0.25) is 15.1 Å². The van der Waals surface area contributed by atoms with E-state index in [1.54, 1.807) is 48.7 Å². The van der Waals surface area contributed by atoms with Crippen molar-refractivity contribution in [3.05, 3.63) is 93.5 Å². The number of aromatic amines is 1. The largest absolute Gasteiger partial charge is 0.486 e. The predicted molar refractivity (Wildman–Crippen MR) is 128 cm³/mol. The Morgan fingerprint density at radius 2 is 1.97 bits per heavy atom. The molecule has 0 aliphatic carbocycles. The number of hydrogen-bond acceptors (Lipinski definition) is 5. The maximum absolute atomic E-state index is 12.8. The number of benzene rings is 2. The Morgan fingerprint density at radius 3 is 2.73 bits per heavy atom. The van der Waals surface area contributed by atoms with Crippen LogP contribution in [-0.4, -0.2) is 21.2 Å². The number of anilines is 2. The molecule has 4 rings (SSSR count). The Morgan fingerprint density at radius 1 is 1.15 bits per heavy atom. The molecule has 4 N–H and O–H groups in total. The van der Waals surface area contributed by atoms with Crippen LogP contribution >= 0.6 is 11.6 Å². The van der Waals surface area contributed by atoms with E-state index >= 15 is 0 Å². The highest BCUT2D eigenvalue weighted by atomic mass is 35.5. The Bertz CT molecular complexity index is 1360. The summed E-state index contributed by atoms with van der Waals surface area (Å²) in [5.41, 5.74) is 2.73. The molecule has 2 aromatic carbocycles. The molecule has 0 bridgehead atoms. The highest BCUT2D eigenvalue weighted by Gasteiger charge is 2.14. The average molecular weight is 465 g/mol. The molecule has 8 nitrogen and oxygen atoms in total. The first kappa shape index (κ1) is 22.2.